The Labute approximate surface area is 181 Å². The fourth-order valence-corrected chi connectivity index (χ4v) is 3.52. The summed E-state index contributed by atoms with van der Waals surface area (Å²) in [6.07, 6.45) is -3.28. The smallest absolute Gasteiger partial charge is 0.422 e. The summed E-state index contributed by atoms with van der Waals surface area (Å²) in [4.78, 5) is 3.77. The first kappa shape index (κ1) is 24.1. The fraction of sp³-hybridized carbons (Fsp3) is 0.476. The van der Waals surface area contributed by atoms with Crippen molar-refractivity contribution in [3.63, 3.8) is 0 Å². The van der Waals surface area contributed by atoms with Crippen LogP contribution in [0.3, 0.4) is 0 Å². The summed E-state index contributed by atoms with van der Waals surface area (Å²) in [5.74, 6) is -4.53. The van der Waals surface area contributed by atoms with Crippen molar-refractivity contribution in [1.29, 1.82) is 0 Å². The van der Waals surface area contributed by atoms with E-state index in [1.807, 2.05) is 0 Å². The topological polar surface area (TPSA) is 55.4 Å². The number of aromatic nitrogens is 1. The molecular weight excluding hydrogens is 440 g/mol. The van der Waals surface area contributed by atoms with Gasteiger partial charge >= 0.3 is 6.18 Å². The molecular formula is C21H23F6N3O2. The zero-order valence-corrected chi connectivity index (χ0v) is 17.6. The van der Waals surface area contributed by atoms with Gasteiger partial charge in [-0.3, -0.25) is 0 Å². The Kier molecular flexibility index (Phi) is 6.36. The van der Waals surface area contributed by atoms with E-state index in [1.54, 1.807) is 0 Å². The second kappa shape index (κ2) is 8.43. The van der Waals surface area contributed by atoms with Crippen molar-refractivity contribution in [2.75, 3.05) is 25.1 Å². The lowest BCUT2D eigenvalue weighted by Crippen LogP contribution is -2.61. The minimum atomic E-state index is -4.49. The van der Waals surface area contributed by atoms with Crippen molar-refractivity contribution in [2.24, 2.45) is 0 Å². The van der Waals surface area contributed by atoms with E-state index in [2.05, 4.69) is 20.4 Å². The van der Waals surface area contributed by atoms with E-state index >= 15 is 8.78 Å². The Morgan fingerprint density at radius 1 is 1.12 bits per heavy atom. The lowest BCUT2D eigenvalue weighted by atomic mass is 9.77. The molecule has 1 aromatic carbocycles. The monoisotopic (exact) mass is 463 g/mol. The van der Waals surface area contributed by atoms with E-state index in [1.165, 1.54) is 51.2 Å². The molecule has 0 radical (unpaired) electrons. The van der Waals surface area contributed by atoms with E-state index in [4.69, 9.17) is 4.74 Å². The minimum Gasteiger partial charge on any atom is -0.468 e. The molecule has 0 bridgehead atoms. The van der Waals surface area contributed by atoms with E-state index in [0.717, 1.165) is 6.07 Å². The number of ether oxygens (including phenoxy) is 2. The van der Waals surface area contributed by atoms with Gasteiger partial charge in [0, 0.05) is 23.9 Å². The molecule has 1 saturated heterocycles. The molecule has 11 heteroatoms. The van der Waals surface area contributed by atoms with Crippen molar-refractivity contribution in [1.82, 2.24) is 10.3 Å². The highest BCUT2D eigenvalue weighted by Gasteiger charge is 2.63. The van der Waals surface area contributed by atoms with Crippen LogP contribution in [0.4, 0.5) is 37.7 Å². The summed E-state index contributed by atoms with van der Waals surface area (Å²) in [6.45, 7) is 2.38. The molecule has 32 heavy (non-hydrogen) atoms. The van der Waals surface area contributed by atoms with Gasteiger partial charge in [0.1, 0.15) is 17.0 Å². The highest BCUT2D eigenvalue weighted by molar-refractivity contribution is 5.60. The Morgan fingerprint density at radius 3 is 2.44 bits per heavy atom. The lowest BCUT2D eigenvalue weighted by molar-refractivity contribution is -0.216. The average molecular weight is 463 g/mol. The normalized spacial score (nSPS) is 22.8. The van der Waals surface area contributed by atoms with Gasteiger partial charge in [-0.1, -0.05) is 0 Å². The Balaban J connectivity index is 1.86. The number of nitrogens with zero attached hydrogens (tertiary/aromatic N) is 1. The molecule has 1 aliphatic rings. The molecule has 5 nitrogen and oxygen atoms in total. The molecule has 0 aliphatic carbocycles. The maximum absolute atomic E-state index is 15.4. The summed E-state index contributed by atoms with van der Waals surface area (Å²) in [5.41, 5.74) is -3.55. The third-order valence-corrected chi connectivity index (χ3v) is 5.34. The SMILES string of the molecule is CC1(C)OCCN[C@](C)(c2cc(Nc3ccc(OCC(F)(F)F)nc3)ccc2F)C1(F)F. The Morgan fingerprint density at radius 2 is 1.81 bits per heavy atom. The molecule has 1 atom stereocenters. The number of hydrogen-bond acceptors (Lipinski definition) is 5. The zero-order valence-electron chi connectivity index (χ0n) is 17.6. The number of alkyl halides is 5. The van der Waals surface area contributed by atoms with E-state index in [-0.39, 0.29) is 30.3 Å². The summed E-state index contributed by atoms with van der Waals surface area (Å²) >= 11 is 0. The number of halogens is 6. The third-order valence-electron chi connectivity index (χ3n) is 5.34. The van der Waals surface area contributed by atoms with Crippen molar-refractivity contribution in [2.45, 2.75) is 44.0 Å². The molecule has 0 spiro atoms. The number of anilines is 2. The molecule has 0 saturated carbocycles. The van der Waals surface area contributed by atoms with E-state index < -0.39 is 35.7 Å². The summed E-state index contributed by atoms with van der Waals surface area (Å²) in [5, 5.41) is 5.60. The van der Waals surface area contributed by atoms with Gasteiger partial charge in [0.25, 0.3) is 5.92 Å². The Hall–Kier alpha value is -2.53. The maximum atomic E-state index is 15.4. The van der Waals surface area contributed by atoms with Gasteiger partial charge in [-0.2, -0.15) is 13.2 Å². The van der Waals surface area contributed by atoms with E-state index in [9.17, 15) is 17.6 Å². The molecule has 0 unspecified atom stereocenters. The van der Waals surface area contributed by atoms with Crippen LogP contribution in [0.1, 0.15) is 26.3 Å². The fourth-order valence-electron chi connectivity index (χ4n) is 3.52. The second-order valence-electron chi connectivity index (χ2n) is 8.09. The van der Waals surface area contributed by atoms with Crippen LogP contribution in [-0.4, -0.2) is 42.4 Å². The van der Waals surface area contributed by atoms with Crippen LogP contribution in [0.2, 0.25) is 0 Å². The zero-order chi connectivity index (χ0) is 23.8. The van der Waals surface area contributed by atoms with Gasteiger partial charge in [0.15, 0.2) is 6.61 Å². The predicted octanol–water partition coefficient (Wildman–Crippen LogP) is 5.15. The van der Waals surface area contributed by atoms with Crippen LogP contribution in [0.25, 0.3) is 0 Å². The molecule has 176 valence electrons. The highest BCUT2D eigenvalue weighted by atomic mass is 19.4. The second-order valence-corrected chi connectivity index (χ2v) is 8.09. The van der Waals surface area contributed by atoms with Gasteiger partial charge in [-0.05, 0) is 45.0 Å². The van der Waals surface area contributed by atoms with Gasteiger partial charge in [0.2, 0.25) is 5.88 Å². The molecule has 1 aliphatic heterocycles. The first-order valence-electron chi connectivity index (χ1n) is 9.75. The number of benzene rings is 1. The van der Waals surface area contributed by atoms with Crippen LogP contribution >= 0.6 is 0 Å². The van der Waals surface area contributed by atoms with Crippen LogP contribution in [0, 0.1) is 5.82 Å². The molecule has 2 N–H and O–H groups in total. The molecule has 1 fully saturated rings. The number of hydrogen-bond donors (Lipinski definition) is 2. The van der Waals surface area contributed by atoms with Crippen molar-refractivity contribution in [3.8, 4) is 5.88 Å². The summed E-state index contributed by atoms with van der Waals surface area (Å²) in [6, 6.07) is 6.30. The first-order valence-corrected chi connectivity index (χ1v) is 9.75. The van der Waals surface area contributed by atoms with Gasteiger partial charge in [-0.25, -0.2) is 18.2 Å². The molecule has 2 heterocycles. The van der Waals surface area contributed by atoms with Crippen molar-refractivity contribution in [3.05, 3.63) is 47.9 Å². The van der Waals surface area contributed by atoms with Gasteiger partial charge in [0.05, 0.1) is 18.5 Å². The maximum Gasteiger partial charge on any atom is 0.422 e. The van der Waals surface area contributed by atoms with Crippen molar-refractivity contribution < 1.29 is 35.8 Å². The first-order chi connectivity index (χ1) is 14.8. The number of pyridine rings is 1. The van der Waals surface area contributed by atoms with Crippen LogP contribution < -0.4 is 15.4 Å². The van der Waals surface area contributed by atoms with Gasteiger partial charge < -0.3 is 20.1 Å². The standard InChI is InChI=1S/C21H23F6N3O2/c1-18(2)21(26,27)19(3,29-8-9-32-18)15-10-13(4-6-16(15)22)30-14-5-7-17(28-11-14)31-12-20(23,24)25/h4-7,10-11,29-30H,8-9,12H2,1-3H3/t19-/m1/s1. The lowest BCUT2D eigenvalue weighted by Gasteiger charge is -2.44. The highest BCUT2D eigenvalue weighted by Crippen LogP contribution is 2.48. The van der Waals surface area contributed by atoms with Crippen LogP contribution in [-0.2, 0) is 10.3 Å². The van der Waals surface area contributed by atoms with Crippen LogP contribution in [0.15, 0.2) is 36.5 Å². The molecule has 3 rings (SSSR count). The third kappa shape index (κ3) is 4.78. The summed E-state index contributed by atoms with van der Waals surface area (Å²) < 4.78 is 92.1. The van der Waals surface area contributed by atoms with Gasteiger partial charge in [-0.15, -0.1) is 0 Å². The average Bonchev–Trinajstić information content (AvgIpc) is 2.78. The number of nitrogens with one attached hydrogen (secondary N) is 2. The quantitative estimate of drug-likeness (QED) is 0.601. The van der Waals surface area contributed by atoms with E-state index in [0.29, 0.717) is 5.69 Å². The Bertz CT molecular complexity index is 950. The van der Waals surface area contributed by atoms with Crippen molar-refractivity contribution >= 4 is 11.4 Å². The van der Waals surface area contributed by atoms with Crippen LogP contribution in [0.5, 0.6) is 5.88 Å². The largest absolute Gasteiger partial charge is 0.468 e. The summed E-state index contributed by atoms with van der Waals surface area (Å²) in [7, 11) is 0. The minimum absolute atomic E-state index is 0.0339. The molecule has 2 aromatic rings. The predicted molar refractivity (Wildman–Crippen MR) is 106 cm³/mol. The molecule has 0 amide bonds. The number of rotatable bonds is 5. The molecule has 1 aromatic heterocycles.